The molecule has 2 nitrogen and oxygen atoms in total. The zero-order valence-electron chi connectivity index (χ0n) is 19.0. The Labute approximate surface area is 209 Å². The van der Waals surface area contributed by atoms with Gasteiger partial charge in [0.1, 0.15) is 0 Å². The molecule has 0 radical (unpaired) electrons. The molecule has 2 aromatic heterocycles. The van der Waals surface area contributed by atoms with Gasteiger partial charge in [-0.3, -0.25) is 0 Å². The predicted octanol–water partition coefficient (Wildman–Crippen LogP) is 8.68. The normalized spacial score (nSPS) is 11.6. The lowest BCUT2D eigenvalue weighted by Crippen LogP contribution is -1.99. The van der Waals surface area contributed by atoms with E-state index in [4.69, 9.17) is 12.6 Å². The first-order valence-electron chi connectivity index (χ1n) is 11.8. The van der Waals surface area contributed by atoms with Crippen LogP contribution in [-0.4, -0.2) is 9.13 Å². The third-order valence-electron chi connectivity index (χ3n) is 6.86. The van der Waals surface area contributed by atoms with Gasteiger partial charge in [0, 0.05) is 32.9 Å². The number of fused-ring (bicyclic) bond motifs is 5. The standard InChI is InChI=1S/C32H22N2S/c35-32-25(22-10-3-1-4-11-22)15-9-17-29(32)33-21-20-23-18-19-27-26-14-7-8-16-28(26)34(31(27)30(23)33)24-12-5-2-6-13-24/h1-21,35H. The maximum Gasteiger partial charge on any atom is 0.0788 e. The zero-order valence-corrected chi connectivity index (χ0v) is 19.9. The van der Waals surface area contributed by atoms with Crippen molar-refractivity contribution in [2.24, 2.45) is 0 Å². The molecule has 7 rings (SSSR count). The molecule has 3 heteroatoms. The summed E-state index contributed by atoms with van der Waals surface area (Å²) < 4.78 is 4.69. The molecule has 0 aliphatic heterocycles. The molecule has 0 spiro atoms. The summed E-state index contributed by atoms with van der Waals surface area (Å²) in [5.41, 5.74) is 8.12. The van der Waals surface area contributed by atoms with Crippen LogP contribution in [0, 0.1) is 0 Å². The van der Waals surface area contributed by atoms with E-state index in [9.17, 15) is 0 Å². The van der Waals surface area contributed by atoms with Crippen LogP contribution in [0.4, 0.5) is 0 Å². The molecule has 0 atom stereocenters. The van der Waals surface area contributed by atoms with E-state index < -0.39 is 0 Å². The van der Waals surface area contributed by atoms with Crippen LogP contribution in [0.2, 0.25) is 0 Å². The molecule has 0 amide bonds. The number of thiol groups is 1. The SMILES string of the molecule is Sc1c(-c2ccccc2)cccc1-n1ccc2ccc3c4ccccc4n(-c4ccccc4)c3c21. The van der Waals surface area contributed by atoms with Crippen LogP contribution >= 0.6 is 12.6 Å². The average molecular weight is 467 g/mol. The highest BCUT2D eigenvalue weighted by Gasteiger charge is 2.18. The fraction of sp³-hybridized carbons (Fsp3) is 0. The van der Waals surface area contributed by atoms with Gasteiger partial charge in [-0.15, -0.1) is 12.6 Å². The fourth-order valence-electron chi connectivity index (χ4n) is 5.30. The summed E-state index contributed by atoms with van der Waals surface area (Å²) in [6.45, 7) is 0. The number of rotatable bonds is 3. The second kappa shape index (κ2) is 7.93. The Morgan fingerprint density at radius 3 is 2.11 bits per heavy atom. The van der Waals surface area contributed by atoms with Crippen LogP contribution in [0.1, 0.15) is 0 Å². The third-order valence-corrected chi connectivity index (χ3v) is 7.33. The van der Waals surface area contributed by atoms with Gasteiger partial charge in [-0.05, 0) is 41.5 Å². The lowest BCUT2D eigenvalue weighted by molar-refractivity contribution is 1.08. The molecule has 7 aromatic rings. The van der Waals surface area contributed by atoms with Crippen LogP contribution in [0.5, 0.6) is 0 Å². The Kier molecular flexibility index (Phi) is 4.58. The van der Waals surface area contributed by atoms with Crippen LogP contribution in [-0.2, 0) is 0 Å². The van der Waals surface area contributed by atoms with Crippen molar-refractivity contribution < 1.29 is 0 Å². The Bertz CT molecular complexity index is 1840. The molecule has 0 unspecified atom stereocenters. The van der Waals surface area contributed by atoms with Crippen molar-refractivity contribution in [2.45, 2.75) is 4.90 Å². The van der Waals surface area contributed by atoms with E-state index in [-0.39, 0.29) is 0 Å². The van der Waals surface area contributed by atoms with Gasteiger partial charge in [-0.25, -0.2) is 0 Å². The van der Waals surface area contributed by atoms with E-state index >= 15 is 0 Å². The van der Waals surface area contributed by atoms with Gasteiger partial charge >= 0.3 is 0 Å². The topological polar surface area (TPSA) is 9.86 Å². The van der Waals surface area contributed by atoms with Crippen LogP contribution in [0.3, 0.4) is 0 Å². The predicted molar refractivity (Wildman–Crippen MR) is 150 cm³/mol. The number of benzene rings is 5. The van der Waals surface area contributed by atoms with Crippen molar-refractivity contribution in [3.63, 3.8) is 0 Å². The first-order valence-corrected chi connectivity index (χ1v) is 12.2. The largest absolute Gasteiger partial charge is 0.313 e. The summed E-state index contributed by atoms with van der Waals surface area (Å²) in [5, 5.41) is 3.71. The molecule has 0 aliphatic carbocycles. The molecule has 35 heavy (non-hydrogen) atoms. The van der Waals surface area contributed by atoms with Crippen molar-refractivity contribution in [1.29, 1.82) is 0 Å². The number of aromatic nitrogens is 2. The first-order chi connectivity index (χ1) is 17.3. The van der Waals surface area contributed by atoms with Crippen molar-refractivity contribution in [3.05, 3.63) is 128 Å². The highest BCUT2D eigenvalue weighted by molar-refractivity contribution is 7.80. The van der Waals surface area contributed by atoms with Gasteiger partial charge in [0.25, 0.3) is 0 Å². The van der Waals surface area contributed by atoms with Crippen LogP contribution < -0.4 is 0 Å². The molecule has 2 heterocycles. The summed E-state index contributed by atoms with van der Waals surface area (Å²) in [6.07, 6.45) is 2.17. The Morgan fingerprint density at radius 1 is 0.543 bits per heavy atom. The summed E-state index contributed by atoms with van der Waals surface area (Å²) in [4.78, 5) is 0.968. The van der Waals surface area contributed by atoms with Gasteiger partial charge in [-0.2, -0.15) is 0 Å². The first kappa shape index (κ1) is 20.2. The summed E-state index contributed by atoms with van der Waals surface area (Å²) in [5.74, 6) is 0. The number of para-hydroxylation sites is 2. The van der Waals surface area contributed by atoms with Gasteiger partial charge in [0.2, 0.25) is 0 Å². The summed E-state index contributed by atoms with van der Waals surface area (Å²) in [7, 11) is 0. The smallest absolute Gasteiger partial charge is 0.0788 e. The molecule has 0 aliphatic rings. The van der Waals surface area contributed by atoms with Crippen LogP contribution in [0.15, 0.2) is 132 Å². The number of hydrogen-bond donors (Lipinski definition) is 1. The van der Waals surface area contributed by atoms with Gasteiger partial charge in [-0.1, -0.05) is 91.0 Å². The monoisotopic (exact) mass is 466 g/mol. The van der Waals surface area contributed by atoms with E-state index in [1.807, 2.05) is 6.07 Å². The molecule has 166 valence electrons. The van der Waals surface area contributed by atoms with Crippen LogP contribution in [0.25, 0.3) is 55.2 Å². The molecule has 0 fully saturated rings. The van der Waals surface area contributed by atoms with E-state index in [1.54, 1.807) is 0 Å². The minimum absolute atomic E-state index is 0.968. The minimum atomic E-state index is 0.968. The van der Waals surface area contributed by atoms with Gasteiger partial charge < -0.3 is 9.13 Å². The molecule has 0 saturated heterocycles. The van der Waals surface area contributed by atoms with Gasteiger partial charge in [0.15, 0.2) is 0 Å². The van der Waals surface area contributed by atoms with E-state index in [0.717, 1.165) is 21.8 Å². The molecule has 0 N–H and O–H groups in total. The van der Waals surface area contributed by atoms with Crippen molar-refractivity contribution in [2.75, 3.05) is 0 Å². The van der Waals surface area contributed by atoms with E-state index in [2.05, 4.69) is 131 Å². The number of nitrogens with zero attached hydrogens (tertiary/aromatic N) is 2. The van der Waals surface area contributed by atoms with E-state index in [1.165, 1.54) is 38.3 Å². The van der Waals surface area contributed by atoms with Gasteiger partial charge in [0.05, 0.1) is 22.2 Å². The zero-order chi connectivity index (χ0) is 23.4. The van der Waals surface area contributed by atoms with E-state index in [0.29, 0.717) is 0 Å². The second-order valence-corrected chi connectivity index (χ2v) is 9.26. The third kappa shape index (κ3) is 3.05. The average Bonchev–Trinajstić information content (AvgIpc) is 3.49. The minimum Gasteiger partial charge on any atom is -0.313 e. The maximum absolute atomic E-state index is 5.05. The Morgan fingerprint density at radius 2 is 1.29 bits per heavy atom. The summed E-state index contributed by atoms with van der Waals surface area (Å²) in [6, 6.07) is 42.9. The molecule has 0 bridgehead atoms. The highest BCUT2D eigenvalue weighted by atomic mass is 32.1. The fourth-order valence-corrected chi connectivity index (χ4v) is 5.68. The lowest BCUT2D eigenvalue weighted by Gasteiger charge is -2.15. The highest BCUT2D eigenvalue weighted by Crippen LogP contribution is 2.39. The van der Waals surface area contributed by atoms with Crippen molar-refractivity contribution >= 4 is 45.3 Å². The maximum atomic E-state index is 5.05. The Balaban J connectivity index is 1.60. The quantitative estimate of drug-likeness (QED) is 0.250. The van der Waals surface area contributed by atoms with Crippen molar-refractivity contribution in [1.82, 2.24) is 9.13 Å². The molecule has 0 saturated carbocycles. The lowest BCUT2D eigenvalue weighted by atomic mass is 10.0. The van der Waals surface area contributed by atoms with Crippen molar-refractivity contribution in [3.8, 4) is 22.5 Å². The second-order valence-electron chi connectivity index (χ2n) is 8.81. The summed E-state index contributed by atoms with van der Waals surface area (Å²) >= 11 is 5.05. The molecular weight excluding hydrogens is 444 g/mol. The molecule has 5 aromatic carbocycles. The number of hydrogen-bond acceptors (Lipinski definition) is 1. The molecular formula is C32H22N2S. The Hall–Kier alpha value is -4.21.